The molecule has 82 valence electrons. The molecule has 0 radical (unpaired) electrons. The van der Waals surface area contributed by atoms with Gasteiger partial charge in [-0.25, -0.2) is 4.79 Å². The first kappa shape index (κ1) is 15.2. The summed E-state index contributed by atoms with van der Waals surface area (Å²) in [6.45, 7) is 0. The third kappa shape index (κ3) is 2.86. The van der Waals surface area contributed by atoms with Crippen molar-refractivity contribution >= 4 is 21.8 Å². The summed E-state index contributed by atoms with van der Waals surface area (Å²) in [4.78, 5) is 9.56. The fraction of sp³-hybridized carbons (Fsp3) is 0. The predicted octanol–water partition coefficient (Wildman–Crippen LogP) is -3.71. The molecule has 0 aliphatic carbocycles. The number of aromatic carboxylic acids is 1. The van der Waals surface area contributed by atoms with E-state index in [9.17, 15) is 18.3 Å². The molecule has 16 heavy (non-hydrogen) atoms. The van der Waals surface area contributed by atoms with Gasteiger partial charge in [-0.05, 0) is 12.1 Å². The second-order valence-corrected chi connectivity index (χ2v) is 4.03. The van der Waals surface area contributed by atoms with Crippen LogP contribution in [0, 0.1) is 0 Å². The summed E-state index contributed by atoms with van der Waals surface area (Å²) in [5.41, 5.74) is 3.95. The van der Waals surface area contributed by atoms with Gasteiger partial charge >= 0.3 is 35.5 Å². The molecule has 0 aliphatic heterocycles. The van der Waals surface area contributed by atoms with Crippen LogP contribution in [0.3, 0.4) is 0 Å². The molecule has 1 aromatic carbocycles. The Hall–Kier alpha value is -0.800. The average molecular weight is 255 g/mol. The van der Waals surface area contributed by atoms with Crippen LogP contribution in [0.2, 0.25) is 0 Å². The van der Waals surface area contributed by atoms with Crippen molar-refractivity contribution in [2.24, 2.45) is 0 Å². The number of benzene rings is 1. The largest absolute Gasteiger partial charge is 1.00 e. The van der Waals surface area contributed by atoms with E-state index in [4.69, 9.17) is 15.4 Å². The van der Waals surface area contributed by atoms with Crippen molar-refractivity contribution in [3.8, 4) is 5.75 Å². The minimum Gasteiger partial charge on any atom is -0.871 e. The number of nitrogens with two attached hydrogens (primary N) is 1. The van der Waals surface area contributed by atoms with Crippen molar-refractivity contribution < 1.29 is 57.5 Å². The number of hydrogen-bond acceptors (Lipinski definition) is 5. The Morgan fingerprint density at radius 3 is 2.25 bits per heavy atom. The maximum Gasteiger partial charge on any atom is 1.00 e. The smallest absolute Gasteiger partial charge is 0.871 e. The van der Waals surface area contributed by atoms with Crippen LogP contribution in [0.1, 0.15) is 10.4 Å². The van der Waals surface area contributed by atoms with Gasteiger partial charge in [-0.1, -0.05) is 5.75 Å². The normalized spacial score (nSPS) is 10.6. The molecule has 0 saturated heterocycles. The van der Waals surface area contributed by atoms with Gasteiger partial charge in [0.2, 0.25) is 0 Å². The van der Waals surface area contributed by atoms with Crippen LogP contribution in [-0.2, 0) is 10.1 Å². The van der Waals surface area contributed by atoms with Gasteiger partial charge in [-0.15, -0.1) is 0 Å². The summed E-state index contributed by atoms with van der Waals surface area (Å²) < 4.78 is 29.9. The number of carboxylic acid groups (broad SMARTS) is 1. The summed E-state index contributed by atoms with van der Waals surface area (Å²) in [7, 11) is -4.74. The minimum absolute atomic E-state index is 0. The zero-order valence-corrected chi connectivity index (χ0v) is 11.0. The number of carboxylic acids is 1. The molecule has 1 aromatic rings. The molecule has 0 amide bonds. The molecule has 7 nitrogen and oxygen atoms in total. The molecule has 0 unspecified atom stereocenters. The maximum absolute atomic E-state index is 11.3. The molecule has 0 atom stereocenters. The number of rotatable bonds is 2. The summed E-state index contributed by atoms with van der Waals surface area (Å²) in [5, 5.41) is 19.9. The van der Waals surface area contributed by atoms with E-state index in [-0.39, 0.29) is 35.2 Å². The predicted molar refractivity (Wildman–Crippen MR) is 47.1 cm³/mol. The van der Waals surface area contributed by atoms with Crippen LogP contribution >= 0.6 is 0 Å². The Kier molecular flexibility index (Phi) is 4.77. The van der Waals surface area contributed by atoms with E-state index in [0.717, 1.165) is 12.1 Å². The first-order valence-electron chi connectivity index (χ1n) is 3.55. The van der Waals surface area contributed by atoms with Crippen LogP contribution in [-0.4, -0.2) is 24.0 Å². The van der Waals surface area contributed by atoms with Gasteiger partial charge in [0.05, 0.1) is 10.5 Å². The van der Waals surface area contributed by atoms with E-state index >= 15 is 0 Å². The van der Waals surface area contributed by atoms with Crippen molar-refractivity contribution in [2.45, 2.75) is 4.90 Å². The van der Waals surface area contributed by atoms with Gasteiger partial charge < -0.3 is 15.9 Å². The van der Waals surface area contributed by atoms with Gasteiger partial charge in [0.1, 0.15) is 0 Å². The van der Waals surface area contributed by atoms with Crippen molar-refractivity contribution in [2.75, 3.05) is 5.73 Å². The van der Waals surface area contributed by atoms with Crippen LogP contribution < -0.4 is 40.4 Å². The zero-order valence-electron chi connectivity index (χ0n) is 8.17. The van der Waals surface area contributed by atoms with Gasteiger partial charge in [0.15, 0.2) is 0 Å². The summed E-state index contributed by atoms with van der Waals surface area (Å²) in [5.74, 6) is -2.98. The van der Waals surface area contributed by atoms with E-state index in [1.54, 1.807) is 0 Å². The maximum atomic E-state index is 11.3. The molecular weight excluding hydrogens is 249 g/mol. The van der Waals surface area contributed by atoms with Crippen LogP contribution in [0.25, 0.3) is 0 Å². The fourth-order valence-corrected chi connectivity index (χ4v) is 1.58. The second-order valence-electron chi connectivity index (χ2n) is 2.64. The Morgan fingerprint density at radius 2 is 1.88 bits per heavy atom. The van der Waals surface area contributed by atoms with Crippen molar-refractivity contribution in [1.29, 1.82) is 0 Å². The second kappa shape index (κ2) is 5.02. The molecule has 0 aliphatic rings. The van der Waals surface area contributed by atoms with E-state index < -0.39 is 32.3 Å². The molecular formula is C7H6NNaO6S. The Balaban J connectivity index is 0.00000225. The van der Waals surface area contributed by atoms with Crippen molar-refractivity contribution in [3.63, 3.8) is 0 Å². The van der Waals surface area contributed by atoms with E-state index in [1.165, 1.54) is 0 Å². The zero-order chi connectivity index (χ0) is 11.8. The summed E-state index contributed by atoms with van der Waals surface area (Å²) >= 11 is 0. The van der Waals surface area contributed by atoms with Crippen LogP contribution in [0.4, 0.5) is 5.69 Å². The molecule has 9 heteroatoms. The molecule has 0 aromatic heterocycles. The first-order chi connectivity index (χ1) is 6.75. The number of nitrogen functional groups attached to an aromatic ring is 1. The first-order valence-corrected chi connectivity index (χ1v) is 4.99. The van der Waals surface area contributed by atoms with Crippen LogP contribution in [0.15, 0.2) is 17.0 Å². The SMILES string of the molecule is Nc1ccc(S(=O)(=O)O)c([O-])c1C(=O)O.[Na+]. The fourth-order valence-electron chi connectivity index (χ4n) is 1.00. The standard InChI is InChI=1S/C7H7NO6S.Na/c8-3-1-2-4(15(12,13)14)6(9)5(3)7(10)11;/h1-2,9H,8H2,(H,10,11)(H,12,13,14);/q;+1/p-1. The topological polar surface area (TPSA) is 141 Å². The number of carbonyl (C=O) groups is 1. The van der Waals surface area contributed by atoms with E-state index in [0.29, 0.717) is 0 Å². The van der Waals surface area contributed by atoms with E-state index in [2.05, 4.69) is 0 Å². The van der Waals surface area contributed by atoms with Crippen molar-refractivity contribution in [3.05, 3.63) is 17.7 Å². The molecule has 0 fully saturated rings. The molecule has 0 saturated carbocycles. The van der Waals surface area contributed by atoms with Crippen molar-refractivity contribution in [1.82, 2.24) is 0 Å². The van der Waals surface area contributed by atoms with Gasteiger partial charge in [0.25, 0.3) is 10.1 Å². The molecule has 0 heterocycles. The monoisotopic (exact) mass is 255 g/mol. The molecule has 0 spiro atoms. The van der Waals surface area contributed by atoms with Gasteiger partial charge in [-0.2, -0.15) is 8.42 Å². The summed E-state index contributed by atoms with van der Waals surface area (Å²) in [6, 6.07) is 1.67. The van der Waals surface area contributed by atoms with Gasteiger partial charge in [0, 0.05) is 5.69 Å². The van der Waals surface area contributed by atoms with E-state index in [1.807, 2.05) is 0 Å². The number of anilines is 1. The molecule has 1 rings (SSSR count). The molecule has 4 N–H and O–H groups in total. The quantitative estimate of drug-likeness (QED) is 0.280. The Bertz CT molecular complexity index is 526. The summed E-state index contributed by atoms with van der Waals surface area (Å²) in [6.07, 6.45) is 0. The third-order valence-corrected chi connectivity index (χ3v) is 2.52. The minimum atomic E-state index is -4.74. The Morgan fingerprint density at radius 1 is 1.38 bits per heavy atom. The number of hydrogen-bond donors (Lipinski definition) is 3. The van der Waals surface area contributed by atoms with Gasteiger partial charge in [-0.3, -0.25) is 4.55 Å². The Labute approximate surface area is 113 Å². The molecule has 0 bridgehead atoms. The van der Waals surface area contributed by atoms with Crippen LogP contribution in [0.5, 0.6) is 5.75 Å². The average Bonchev–Trinajstić information content (AvgIpc) is 2.00. The third-order valence-electron chi connectivity index (χ3n) is 1.65.